The van der Waals surface area contributed by atoms with Gasteiger partial charge in [-0.25, -0.2) is 0 Å². The van der Waals surface area contributed by atoms with Gasteiger partial charge in [-0.1, -0.05) is 0 Å². The molecule has 0 radical (unpaired) electrons. The molecule has 0 amide bonds. The third kappa shape index (κ3) is 4.26. The topological polar surface area (TPSA) is 109 Å². The molecule has 13 heavy (non-hydrogen) atoms. The van der Waals surface area contributed by atoms with E-state index in [-0.39, 0.29) is 0 Å². The van der Waals surface area contributed by atoms with Crippen LogP contribution in [0.25, 0.3) is 0 Å². The molecule has 0 saturated heterocycles. The van der Waals surface area contributed by atoms with Gasteiger partial charge in [0.25, 0.3) is 26.3 Å². The molecule has 0 aromatic carbocycles. The van der Waals surface area contributed by atoms with Crippen molar-refractivity contribution in [2.45, 2.75) is 4.58 Å². The fourth-order valence-corrected chi connectivity index (χ4v) is 2.21. The Hall–Kier alpha value is -0.580. The van der Waals surface area contributed by atoms with Gasteiger partial charge in [0.1, 0.15) is 0 Å². The highest BCUT2D eigenvalue weighted by molar-refractivity contribution is 8.04. The molecular formula is C3H4F2O6S2. The third-order valence-electron chi connectivity index (χ3n) is 0.849. The van der Waals surface area contributed by atoms with Gasteiger partial charge in [-0.2, -0.15) is 25.6 Å². The lowest BCUT2D eigenvalue weighted by Crippen LogP contribution is -2.27. The number of hydrogen-bond donors (Lipinski definition) is 2. The summed E-state index contributed by atoms with van der Waals surface area (Å²) < 4.78 is 76.7. The Morgan fingerprint density at radius 1 is 1.08 bits per heavy atom. The third-order valence-corrected chi connectivity index (χ3v) is 3.75. The summed E-state index contributed by atoms with van der Waals surface area (Å²) in [6.45, 7) is 0. The second-order valence-electron chi connectivity index (χ2n) is 1.85. The van der Waals surface area contributed by atoms with Gasteiger partial charge in [0.2, 0.25) is 4.58 Å². The Bertz CT molecular complexity index is 369. The van der Waals surface area contributed by atoms with Crippen LogP contribution in [0.15, 0.2) is 12.2 Å². The summed E-state index contributed by atoms with van der Waals surface area (Å²) >= 11 is 0. The molecule has 0 aromatic rings. The zero-order chi connectivity index (χ0) is 10.9. The van der Waals surface area contributed by atoms with E-state index in [0.29, 0.717) is 0 Å². The van der Waals surface area contributed by atoms with E-state index in [1.165, 1.54) is 0 Å². The summed E-state index contributed by atoms with van der Waals surface area (Å²) in [5.41, 5.74) is 0. The maximum atomic E-state index is 11.5. The van der Waals surface area contributed by atoms with Gasteiger partial charge in [-0.05, 0) is 0 Å². The van der Waals surface area contributed by atoms with Gasteiger partial charge in [0.15, 0.2) is 0 Å². The molecule has 0 unspecified atom stereocenters. The van der Waals surface area contributed by atoms with Crippen molar-refractivity contribution >= 4 is 20.2 Å². The molecule has 78 valence electrons. The Morgan fingerprint density at radius 2 is 1.38 bits per heavy atom. The molecule has 2 N–H and O–H groups in total. The lowest BCUT2D eigenvalue weighted by Gasteiger charge is -2.03. The highest BCUT2D eigenvalue weighted by Crippen LogP contribution is 2.12. The minimum absolute atomic E-state index is 0.593. The largest absolute Gasteiger partial charge is 0.288 e. The number of hydrogen-bond acceptors (Lipinski definition) is 4. The van der Waals surface area contributed by atoms with E-state index in [9.17, 15) is 25.6 Å². The molecule has 10 heteroatoms. The molecule has 6 nitrogen and oxygen atoms in total. The quantitative estimate of drug-likeness (QED) is 0.663. The first kappa shape index (κ1) is 12.4. The Kier molecular flexibility index (Phi) is 3.49. The van der Waals surface area contributed by atoms with Crippen LogP contribution in [0.3, 0.4) is 0 Å². The van der Waals surface area contributed by atoms with Crippen molar-refractivity contribution in [2.75, 3.05) is 0 Å². The van der Waals surface area contributed by atoms with Gasteiger partial charge >= 0.3 is 0 Å². The van der Waals surface area contributed by atoms with Crippen molar-refractivity contribution in [1.82, 2.24) is 0 Å². The first-order valence-corrected chi connectivity index (χ1v) is 5.51. The average molecular weight is 238 g/mol. The van der Waals surface area contributed by atoms with Crippen LogP contribution in [0.1, 0.15) is 0 Å². The molecule has 0 spiro atoms. The van der Waals surface area contributed by atoms with Crippen LogP contribution in [0.2, 0.25) is 0 Å². The molecule has 0 aromatic heterocycles. The van der Waals surface area contributed by atoms with E-state index >= 15 is 0 Å². The van der Waals surface area contributed by atoms with E-state index in [2.05, 4.69) is 0 Å². The van der Waals surface area contributed by atoms with Crippen LogP contribution in [-0.2, 0) is 20.2 Å². The van der Waals surface area contributed by atoms with Gasteiger partial charge in [0, 0.05) is 6.08 Å². The maximum Gasteiger partial charge on any atom is 0.288 e. The van der Waals surface area contributed by atoms with E-state index in [4.69, 9.17) is 9.11 Å². The second-order valence-corrected chi connectivity index (χ2v) is 5.23. The van der Waals surface area contributed by atoms with Crippen LogP contribution in [0, 0.1) is 0 Å². The number of rotatable bonds is 3. The molecule has 0 aliphatic carbocycles. The first-order chi connectivity index (χ1) is 5.55. The van der Waals surface area contributed by atoms with Crippen LogP contribution in [0.5, 0.6) is 0 Å². The fourth-order valence-electron chi connectivity index (χ4n) is 0.429. The summed E-state index contributed by atoms with van der Waals surface area (Å²) in [5, 5.41) is 0. The first-order valence-electron chi connectivity index (χ1n) is 2.50. The summed E-state index contributed by atoms with van der Waals surface area (Å²) in [6, 6.07) is 0. The Labute approximate surface area is 72.4 Å². The van der Waals surface area contributed by atoms with Crippen molar-refractivity contribution in [1.29, 1.82) is 0 Å². The normalized spacial score (nSPS) is 13.0. The smallest absolute Gasteiger partial charge is 0.284 e. The molecule has 0 atom stereocenters. The standard InChI is InChI=1S/C3H4F2O6S2/c4-2(5)1-3(12(6,7)8)13(9,10)11/h1,3H,(H,6,7,8)(H,9,10,11). The highest BCUT2D eigenvalue weighted by Gasteiger charge is 2.34. The van der Waals surface area contributed by atoms with Gasteiger partial charge in [0.05, 0.1) is 0 Å². The molecular weight excluding hydrogens is 234 g/mol. The van der Waals surface area contributed by atoms with Crippen molar-refractivity contribution in [3.63, 3.8) is 0 Å². The van der Waals surface area contributed by atoms with E-state index in [1.54, 1.807) is 0 Å². The maximum absolute atomic E-state index is 11.5. The van der Waals surface area contributed by atoms with E-state index < -0.39 is 37.0 Å². The monoisotopic (exact) mass is 238 g/mol. The zero-order valence-electron chi connectivity index (χ0n) is 5.75. The minimum atomic E-state index is -5.31. The number of halogens is 2. The van der Waals surface area contributed by atoms with Crippen molar-refractivity contribution in [3.05, 3.63) is 12.2 Å². The van der Waals surface area contributed by atoms with E-state index in [1.807, 2.05) is 0 Å². The summed E-state index contributed by atoms with van der Waals surface area (Å²) in [4.78, 5) is 0. The summed E-state index contributed by atoms with van der Waals surface area (Å²) in [7, 11) is -10.6. The SMILES string of the molecule is O=S(=O)(O)C(C=C(F)F)S(=O)(=O)O. The molecule has 0 bridgehead atoms. The predicted octanol–water partition coefficient (Wildman–Crippen LogP) is -0.131. The molecule has 0 heterocycles. The van der Waals surface area contributed by atoms with Crippen molar-refractivity contribution in [2.24, 2.45) is 0 Å². The van der Waals surface area contributed by atoms with Crippen molar-refractivity contribution < 1.29 is 34.7 Å². The van der Waals surface area contributed by atoms with Crippen LogP contribution >= 0.6 is 0 Å². The lowest BCUT2D eigenvalue weighted by molar-refractivity contribution is 0.413. The second kappa shape index (κ2) is 3.65. The highest BCUT2D eigenvalue weighted by atomic mass is 32.3. The minimum Gasteiger partial charge on any atom is -0.284 e. The molecule has 0 rings (SSSR count). The summed E-state index contributed by atoms with van der Waals surface area (Å²) in [5.74, 6) is 0. The van der Waals surface area contributed by atoms with Gasteiger partial charge < -0.3 is 0 Å². The lowest BCUT2D eigenvalue weighted by atomic mass is 10.7. The van der Waals surface area contributed by atoms with Crippen LogP contribution in [-0.4, -0.2) is 30.5 Å². The Morgan fingerprint density at radius 3 is 1.46 bits per heavy atom. The van der Waals surface area contributed by atoms with E-state index in [0.717, 1.165) is 0 Å². The van der Waals surface area contributed by atoms with Gasteiger partial charge in [-0.15, -0.1) is 0 Å². The van der Waals surface area contributed by atoms with Gasteiger partial charge in [-0.3, -0.25) is 9.11 Å². The fraction of sp³-hybridized carbons (Fsp3) is 0.333. The zero-order valence-corrected chi connectivity index (χ0v) is 7.39. The van der Waals surface area contributed by atoms with Crippen molar-refractivity contribution in [3.8, 4) is 0 Å². The van der Waals surface area contributed by atoms with Crippen LogP contribution in [0.4, 0.5) is 8.78 Å². The Balaban J connectivity index is 5.42. The average Bonchev–Trinajstić information content (AvgIpc) is 1.77. The molecule has 0 aliphatic rings. The molecule has 0 saturated carbocycles. The summed E-state index contributed by atoms with van der Waals surface area (Å²) in [6.07, 6.45) is -3.25. The predicted molar refractivity (Wildman–Crippen MR) is 37.2 cm³/mol. The molecule has 0 aliphatic heterocycles. The van der Waals surface area contributed by atoms with Crippen LogP contribution < -0.4 is 0 Å². The molecule has 0 fully saturated rings.